The maximum atomic E-state index is 12.4. The lowest BCUT2D eigenvalue weighted by atomic mass is 9.68. The largest absolute Gasteiger partial charge is 0.508 e. The molecule has 2 N–H and O–H groups in total. The van der Waals surface area contributed by atoms with E-state index in [0.717, 1.165) is 11.3 Å². The number of aromatic nitrogens is 1. The number of rotatable bonds is 2. The van der Waals surface area contributed by atoms with Gasteiger partial charge in [-0.15, -0.1) is 11.8 Å². The molecule has 3 fully saturated rings. The minimum absolute atomic E-state index is 0.0592. The van der Waals surface area contributed by atoms with Gasteiger partial charge in [0.1, 0.15) is 5.75 Å². The van der Waals surface area contributed by atoms with Crippen LogP contribution in [0.1, 0.15) is 22.8 Å². The number of phenolic OH excluding ortho intramolecular Hbond substituents is 1. The molecule has 0 radical (unpaired) electrons. The van der Waals surface area contributed by atoms with Crippen molar-refractivity contribution in [3.63, 3.8) is 0 Å². The number of carbonyl (C=O) groups is 2. The number of nitro benzene ring substituents is 1. The number of hydrogen-bond acceptors (Lipinski definition) is 9. The van der Waals surface area contributed by atoms with Crippen LogP contribution >= 0.6 is 23.1 Å². The fourth-order valence-corrected chi connectivity index (χ4v) is 8.95. The van der Waals surface area contributed by atoms with Crippen molar-refractivity contribution in [2.45, 2.75) is 22.6 Å². The van der Waals surface area contributed by atoms with E-state index in [-0.39, 0.29) is 39.3 Å². The van der Waals surface area contributed by atoms with E-state index >= 15 is 0 Å². The maximum Gasteiger partial charge on any atom is 0.317 e. The number of carbonyl (C=O) groups excluding carboxylic acids is 2. The molecule has 154 valence electrons. The van der Waals surface area contributed by atoms with E-state index < -0.39 is 34.6 Å². The predicted octanol–water partition coefficient (Wildman–Crippen LogP) is 2.24. The van der Waals surface area contributed by atoms with Crippen molar-refractivity contribution >= 4 is 40.7 Å². The number of phenols is 1. The summed E-state index contributed by atoms with van der Waals surface area (Å²) in [5, 5.41) is 22.6. The van der Waals surface area contributed by atoms with Crippen molar-refractivity contribution in [3.05, 3.63) is 48.4 Å². The molecule has 2 aliphatic heterocycles. The third kappa shape index (κ3) is 2.21. The summed E-state index contributed by atoms with van der Waals surface area (Å²) in [4.78, 5) is 50.9. The second kappa shape index (κ2) is 5.94. The van der Waals surface area contributed by atoms with Crippen LogP contribution in [-0.4, -0.2) is 32.2 Å². The Balaban J connectivity index is 1.55. The normalized spacial score (nSPS) is 35.7. The Kier molecular flexibility index (Phi) is 3.59. The molecule has 4 aliphatic rings. The number of cyclic esters (lactones) is 2. The lowest BCUT2D eigenvalue weighted by Crippen LogP contribution is -2.42. The zero-order valence-corrected chi connectivity index (χ0v) is 16.8. The highest BCUT2D eigenvalue weighted by atomic mass is 32.2. The second-order valence-corrected chi connectivity index (χ2v) is 10.4. The van der Waals surface area contributed by atoms with E-state index in [9.17, 15) is 29.6 Å². The first-order valence-electron chi connectivity index (χ1n) is 9.47. The van der Waals surface area contributed by atoms with Gasteiger partial charge in [0, 0.05) is 33.7 Å². The quantitative estimate of drug-likeness (QED) is 0.310. The summed E-state index contributed by atoms with van der Waals surface area (Å²) in [5.41, 5.74) is 0.219. The van der Waals surface area contributed by atoms with Crippen LogP contribution < -0.4 is 4.87 Å². The summed E-state index contributed by atoms with van der Waals surface area (Å²) in [6.07, 6.45) is 0.684. The number of fused-ring (bicyclic) bond motifs is 9. The second-order valence-electron chi connectivity index (χ2n) is 8.20. The Labute approximate surface area is 176 Å². The molecule has 2 bridgehead atoms. The summed E-state index contributed by atoms with van der Waals surface area (Å²) in [6.45, 7) is 0. The molecule has 0 amide bonds. The lowest BCUT2D eigenvalue weighted by Gasteiger charge is -2.42. The third-order valence-electron chi connectivity index (χ3n) is 7.02. The number of thioether (sulfide) groups is 1. The molecule has 11 heteroatoms. The van der Waals surface area contributed by atoms with Crippen LogP contribution in [0.2, 0.25) is 0 Å². The van der Waals surface area contributed by atoms with Crippen molar-refractivity contribution in [3.8, 4) is 5.75 Å². The van der Waals surface area contributed by atoms with Crippen LogP contribution in [0.25, 0.3) is 0 Å². The number of esters is 2. The van der Waals surface area contributed by atoms with E-state index in [4.69, 9.17) is 4.74 Å². The van der Waals surface area contributed by atoms with E-state index in [1.165, 1.54) is 30.0 Å². The summed E-state index contributed by atoms with van der Waals surface area (Å²) < 4.78 is 4.93. The number of aromatic amines is 1. The molecule has 2 aromatic rings. The highest BCUT2D eigenvalue weighted by Crippen LogP contribution is 2.68. The van der Waals surface area contributed by atoms with Gasteiger partial charge in [-0.05, 0) is 30.2 Å². The number of hydrogen-bond donors (Lipinski definition) is 2. The number of nitrogens with one attached hydrogen (secondary N) is 1. The van der Waals surface area contributed by atoms with Gasteiger partial charge in [0.2, 0.25) is 0 Å². The average Bonchev–Trinajstić information content (AvgIpc) is 3.41. The fourth-order valence-electron chi connectivity index (χ4n) is 6.07. The van der Waals surface area contributed by atoms with Gasteiger partial charge in [0.05, 0.1) is 21.8 Å². The van der Waals surface area contributed by atoms with Gasteiger partial charge in [0.25, 0.3) is 5.69 Å². The maximum absolute atomic E-state index is 12.4. The molecule has 0 spiro atoms. The lowest BCUT2D eigenvalue weighted by molar-refractivity contribution is -0.385. The van der Waals surface area contributed by atoms with Crippen LogP contribution in [0.4, 0.5) is 5.69 Å². The highest BCUT2D eigenvalue weighted by Gasteiger charge is 2.69. The van der Waals surface area contributed by atoms with Crippen LogP contribution in [0.3, 0.4) is 0 Å². The number of ether oxygens (including phenoxy) is 1. The minimum Gasteiger partial charge on any atom is -0.508 e. The molecular formula is C19H14N2O7S2. The topological polar surface area (TPSA) is 140 Å². The summed E-state index contributed by atoms with van der Waals surface area (Å²) >= 11 is 2.52. The van der Waals surface area contributed by atoms with Gasteiger partial charge in [-0.1, -0.05) is 11.3 Å². The molecule has 3 heterocycles. The van der Waals surface area contributed by atoms with Crippen LogP contribution in [0, 0.1) is 39.7 Å². The first kappa shape index (κ1) is 18.1. The molecular weight excluding hydrogens is 432 g/mol. The first-order valence-corrected chi connectivity index (χ1v) is 11.2. The molecule has 9 nitrogen and oxygen atoms in total. The minimum atomic E-state index is -0.525. The van der Waals surface area contributed by atoms with Crippen molar-refractivity contribution < 1.29 is 24.4 Å². The van der Waals surface area contributed by atoms with Crippen molar-refractivity contribution in [1.29, 1.82) is 0 Å². The number of H-pyrrole nitrogens is 1. The monoisotopic (exact) mass is 446 g/mol. The van der Waals surface area contributed by atoms with Crippen LogP contribution in [-0.2, 0) is 14.3 Å². The Morgan fingerprint density at radius 3 is 2.63 bits per heavy atom. The highest BCUT2D eigenvalue weighted by molar-refractivity contribution is 8.00. The number of nitro groups is 1. The van der Waals surface area contributed by atoms with E-state index in [2.05, 4.69) is 4.98 Å². The molecule has 6 rings (SSSR count). The summed E-state index contributed by atoms with van der Waals surface area (Å²) in [5.74, 6) is -2.91. The van der Waals surface area contributed by atoms with Gasteiger partial charge in [0.15, 0.2) is 0 Å². The first-order chi connectivity index (χ1) is 14.3. The number of aromatic hydroxyl groups is 1. The third-order valence-corrected chi connectivity index (χ3v) is 9.60. The van der Waals surface area contributed by atoms with Gasteiger partial charge >= 0.3 is 16.8 Å². The van der Waals surface area contributed by atoms with Crippen LogP contribution in [0.5, 0.6) is 5.75 Å². The molecule has 7 atom stereocenters. The SMILES string of the molecule is O=C1OC(=O)[C@H]2[C@H]3C[C@H]([C@@H]12)[C@H]1[C@@H](c2cc([N+](=O)[O-])ccc2O)c2sc(=O)[nH]c2S[C@@H]31. The number of benzene rings is 1. The Hall–Kier alpha value is -2.66. The standard InChI is InChI=1S/C19H14N2O7S2/c22-9-2-1-5(21(26)27)3-6(9)10-11-7-4-8(13-12(7)17(23)28-18(13)24)14(11)29-16-15(10)30-19(25)20-16/h1-3,7-8,10-14,22H,4H2,(H,20,25)/t7-,8+,10+,11-,12+,13-,14-/m0/s1. The van der Waals surface area contributed by atoms with Gasteiger partial charge < -0.3 is 14.8 Å². The molecule has 0 unspecified atom stereocenters. The zero-order valence-electron chi connectivity index (χ0n) is 15.1. The summed E-state index contributed by atoms with van der Waals surface area (Å²) in [7, 11) is 0. The fraction of sp³-hybridized carbons (Fsp3) is 0.421. The van der Waals surface area contributed by atoms with Crippen molar-refractivity contribution in [2.24, 2.45) is 29.6 Å². The molecule has 1 aromatic carbocycles. The van der Waals surface area contributed by atoms with Gasteiger partial charge in [-0.3, -0.25) is 24.5 Å². The predicted molar refractivity (Wildman–Crippen MR) is 104 cm³/mol. The van der Waals surface area contributed by atoms with E-state index in [1.807, 2.05) is 0 Å². The Morgan fingerprint density at radius 2 is 1.90 bits per heavy atom. The Bertz CT molecular complexity index is 1200. The van der Waals surface area contributed by atoms with E-state index in [0.29, 0.717) is 21.9 Å². The summed E-state index contributed by atoms with van der Waals surface area (Å²) in [6, 6.07) is 3.88. The number of thiazole rings is 1. The number of non-ortho nitro benzene ring substituents is 1. The number of nitrogens with zero attached hydrogens (tertiary/aromatic N) is 1. The Morgan fingerprint density at radius 1 is 1.17 bits per heavy atom. The van der Waals surface area contributed by atoms with E-state index in [1.54, 1.807) is 0 Å². The van der Waals surface area contributed by atoms with Gasteiger partial charge in [-0.25, -0.2) is 0 Å². The molecule has 2 aliphatic carbocycles. The molecule has 1 saturated heterocycles. The van der Waals surface area contributed by atoms with Gasteiger partial charge in [-0.2, -0.15) is 0 Å². The smallest absolute Gasteiger partial charge is 0.317 e. The van der Waals surface area contributed by atoms with Crippen LogP contribution in [0.15, 0.2) is 28.0 Å². The molecule has 30 heavy (non-hydrogen) atoms. The molecule has 2 saturated carbocycles. The van der Waals surface area contributed by atoms with Crippen molar-refractivity contribution in [2.75, 3.05) is 0 Å². The average molecular weight is 446 g/mol. The molecule has 1 aromatic heterocycles. The zero-order chi connectivity index (χ0) is 20.9. The van der Waals surface area contributed by atoms with Crippen molar-refractivity contribution in [1.82, 2.24) is 4.98 Å².